The summed E-state index contributed by atoms with van der Waals surface area (Å²) in [6, 6.07) is 13.4. The van der Waals surface area contributed by atoms with Crippen molar-refractivity contribution in [2.45, 2.75) is 6.92 Å². The number of benzene rings is 2. The summed E-state index contributed by atoms with van der Waals surface area (Å²) in [6.45, 7) is 3.34. The lowest BCUT2D eigenvalue weighted by Crippen LogP contribution is -2.36. The Morgan fingerprint density at radius 3 is 2.58 bits per heavy atom. The van der Waals surface area contributed by atoms with E-state index < -0.39 is 0 Å². The van der Waals surface area contributed by atoms with Crippen molar-refractivity contribution >= 4 is 32.6 Å². The third kappa shape index (κ3) is 3.71. The van der Waals surface area contributed by atoms with E-state index in [0.29, 0.717) is 23.0 Å². The molecule has 0 bridgehead atoms. The van der Waals surface area contributed by atoms with Gasteiger partial charge in [0.25, 0.3) is 5.91 Å². The Balaban J connectivity index is 2.03. The number of carbonyl (C=O) groups excluding carboxylic acids is 1. The molecule has 0 aliphatic rings. The Hall–Kier alpha value is -2.44. The Morgan fingerprint density at radius 2 is 1.88 bits per heavy atom. The van der Waals surface area contributed by atoms with Crippen molar-refractivity contribution in [2.24, 2.45) is 0 Å². The number of amides is 1. The third-order valence-corrected chi connectivity index (χ3v) is 5.24. The van der Waals surface area contributed by atoms with Crippen LogP contribution in [0.15, 0.2) is 42.5 Å². The number of likely N-dealkylation sites (N-methyl/N-ethyl adjacent to an activating group) is 1. The first-order valence-corrected chi connectivity index (χ1v) is 9.28. The number of para-hydroxylation sites is 2. The molecular weight excluding hydrogens is 346 g/mol. The minimum Gasteiger partial charge on any atom is -0.496 e. The van der Waals surface area contributed by atoms with E-state index in [-0.39, 0.29) is 5.91 Å². The fraction of sp³-hybridized carbons (Fsp3) is 0.300. The van der Waals surface area contributed by atoms with Crippen molar-refractivity contribution in [1.29, 1.82) is 0 Å². The molecule has 0 radical (unpaired) electrons. The van der Waals surface area contributed by atoms with E-state index in [0.717, 1.165) is 22.3 Å². The maximum atomic E-state index is 13.3. The molecule has 0 N–H and O–H groups in total. The molecule has 0 saturated heterocycles. The summed E-state index contributed by atoms with van der Waals surface area (Å²) in [5, 5.41) is 0.715. The van der Waals surface area contributed by atoms with Crippen molar-refractivity contribution in [1.82, 2.24) is 9.88 Å². The largest absolute Gasteiger partial charge is 0.496 e. The predicted octanol–water partition coefficient (Wildman–Crippen LogP) is 3.82. The monoisotopic (exact) mass is 369 g/mol. The number of hydrogen-bond donors (Lipinski definition) is 0. The van der Waals surface area contributed by atoms with Crippen LogP contribution in [0.4, 0.5) is 5.13 Å². The molecule has 1 aromatic heterocycles. The van der Waals surface area contributed by atoms with Gasteiger partial charge in [-0.25, -0.2) is 4.98 Å². The molecule has 1 amide bonds. The Morgan fingerprint density at radius 1 is 1.12 bits per heavy atom. The molecule has 0 aliphatic carbocycles. The number of aryl methyl sites for hydroxylation is 1. The van der Waals surface area contributed by atoms with Gasteiger partial charge in [0.15, 0.2) is 5.13 Å². The van der Waals surface area contributed by atoms with Crippen molar-refractivity contribution < 1.29 is 9.53 Å². The quantitative estimate of drug-likeness (QED) is 0.663. The van der Waals surface area contributed by atoms with Crippen LogP contribution in [0.5, 0.6) is 5.75 Å². The van der Waals surface area contributed by atoms with Crippen LogP contribution in [0.2, 0.25) is 0 Å². The summed E-state index contributed by atoms with van der Waals surface area (Å²) >= 11 is 1.54. The molecule has 1 heterocycles. The number of ether oxygens (including phenoxy) is 1. The van der Waals surface area contributed by atoms with E-state index in [2.05, 4.69) is 4.90 Å². The van der Waals surface area contributed by atoms with Crippen LogP contribution in [-0.2, 0) is 0 Å². The average Bonchev–Trinajstić information content (AvgIpc) is 3.06. The predicted molar refractivity (Wildman–Crippen MR) is 108 cm³/mol. The molecule has 6 heteroatoms. The highest BCUT2D eigenvalue weighted by molar-refractivity contribution is 7.22. The van der Waals surface area contributed by atoms with Gasteiger partial charge in [-0.1, -0.05) is 35.6 Å². The molecule has 2 aromatic carbocycles. The van der Waals surface area contributed by atoms with Gasteiger partial charge in [-0.15, -0.1) is 0 Å². The van der Waals surface area contributed by atoms with Crippen LogP contribution in [-0.4, -0.2) is 50.1 Å². The van der Waals surface area contributed by atoms with Gasteiger partial charge in [0.1, 0.15) is 5.75 Å². The molecule has 0 atom stereocenters. The van der Waals surface area contributed by atoms with Crippen LogP contribution in [0.25, 0.3) is 10.2 Å². The summed E-state index contributed by atoms with van der Waals surface area (Å²) in [6.07, 6.45) is 0. The fourth-order valence-corrected chi connectivity index (χ4v) is 3.81. The summed E-state index contributed by atoms with van der Waals surface area (Å²) in [7, 11) is 5.57. The molecule has 0 fully saturated rings. The van der Waals surface area contributed by atoms with Gasteiger partial charge in [-0.05, 0) is 44.8 Å². The second-order valence-electron chi connectivity index (χ2n) is 6.38. The SMILES string of the molecule is COc1ccccc1C(=O)N(CCN(C)C)c1nc2c(C)cccc2s1. The lowest BCUT2D eigenvalue weighted by Gasteiger charge is -2.22. The highest BCUT2D eigenvalue weighted by Gasteiger charge is 2.24. The lowest BCUT2D eigenvalue weighted by atomic mass is 10.1. The highest BCUT2D eigenvalue weighted by Crippen LogP contribution is 2.32. The second-order valence-corrected chi connectivity index (χ2v) is 7.39. The lowest BCUT2D eigenvalue weighted by molar-refractivity contribution is 0.0982. The summed E-state index contributed by atoms with van der Waals surface area (Å²) in [5.41, 5.74) is 2.61. The number of rotatable bonds is 6. The van der Waals surface area contributed by atoms with Gasteiger partial charge in [-0.2, -0.15) is 0 Å². The summed E-state index contributed by atoms with van der Waals surface area (Å²) in [5.74, 6) is 0.477. The number of hydrogen-bond acceptors (Lipinski definition) is 5. The highest BCUT2D eigenvalue weighted by atomic mass is 32.1. The van der Waals surface area contributed by atoms with Crippen molar-refractivity contribution in [2.75, 3.05) is 39.2 Å². The molecule has 0 aliphatic heterocycles. The summed E-state index contributed by atoms with van der Waals surface area (Å²) < 4.78 is 6.47. The number of aromatic nitrogens is 1. The third-order valence-electron chi connectivity index (χ3n) is 4.19. The number of thiazole rings is 1. The van der Waals surface area contributed by atoms with E-state index in [9.17, 15) is 4.79 Å². The van der Waals surface area contributed by atoms with Crippen LogP contribution in [0, 0.1) is 6.92 Å². The maximum Gasteiger partial charge on any atom is 0.263 e. The average molecular weight is 369 g/mol. The van der Waals surface area contributed by atoms with E-state index >= 15 is 0 Å². The van der Waals surface area contributed by atoms with Crippen LogP contribution in [0.3, 0.4) is 0 Å². The molecule has 3 aromatic rings. The van der Waals surface area contributed by atoms with Crippen molar-refractivity contribution in [3.63, 3.8) is 0 Å². The standard InChI is InChI=1S/C20H23N3O2S/c1-14-8-7-11-17-18(14)21-20(26-17)23(13-12-22(2)3)19(24)15-9-5-6-10-16(15)25-4/h5-11H,12-13H2,1-4H3. The van der Waals surface area contributed by atoms with Gasteiger partial charge in [-0.3, -0.25) is 9.69 Å². The van der Waals surface area contributed by atoms with Crippen LogP contribution >= 0.6 is 11.3 Å². The first-order valence-electron chi connectivity index (χ1n) is 8.47. The number of carbonyl (C=O) groups is 1. The number of fused-ring (bicyclic) bond motifs is 1. The van der Waals surface area contributed by atoms with Gasteiger partial charge >= 0.3 is 0 Å². The number of methoxy groups -OCH3 is 1. The molecule has 0 spiro atoms. The van der Waals surface area contributed by atoms with Gasteiger partial charge in [0, 0.05) is 13.1 Å². The molecule has 136 valence electrons. The van der Waals surface area contributed by atoms with Crippen molar-refractivity contribution in [3.8, 4) is 5.75 Å². The van der Waals surface area contributed by atoms with Crippen molar-refractivity contribution in [3.05, 3.63) is 53.6 Å². The van der Waals surface area contributed by atoms with E-state index in [1.165, 1.54) is 0 Å². The minimum atomic E-state index is -0.0963. The zero-order valence-corrected chi connectivity index (χ0v) is 16.3. The Kier molecular flexibility index (Phi) is 5.54. The van der Waals surface area contributed by atoms with Gasteiger partial charge < -0.3 is 9.64 Å². The molecule has 0 saturated carbocycles. The zero-order valence-electron chi connectivity index (χ0n) is 15.5. The fourth-order valence-electron chi connectivity index (χ4n) is 2.74. The zero-order chi connectivity index (χ0) is 18.7. The van der Waals surface area contributed by atoms with E-state index in [1.54, 1.807) is 35.5 Å². The molecule has 3 rings (SSSR count). The molecule has 5 nitrogen and oxygen atoms in total. The first-order chi connectivity index (χ1) is 12.5. The van der Waals surface area contributed by atoms with Crippen LogP contribution in [0.1, 0.15) is 15.9 Å². The Bertz CT molecular complexity index is 920. The maximum absolute atomic E-state index is 13.3. The topological polar surface area (TPSA) is 45.7 Å². The van der Waals surface area contributed by atoms with E-state index in [4.69, 9.17) is 9.72 Å². The van der Waals surface area contributed by atoms with Gasteiger partial charge in [0.2, 0.25) is 0 Å². The Labute approximate surface area is 157 Å². The van der Waals surface area contributed by atoms with Gasteiger partial charge in [0.05, 0.1) is 22.9 Å². The second kappa shape index (κ2) is 7.85. The first kappa shape index (κ1) is 18.4. The minimum absolute atomic E-state index is 0.0963. The molecular formula is C20H23N3O2S. The summed E-state index contributed by atoms with van der Waals surface area (Å²) in [4.78, 5) is 21.9. The van der Waals surface area contributed by atoms with Crippen LogP contribution < -0.4 is 9.64 Å². The molecule has 26 heavy (non-hydrogen) atoms. The normalized spacial score (nSPS) is 11.1. The molecule has 0 unspecified atom stereocenters. The smallest absolute Gasteiger partial charge is 0.263 e. The number of nitrogens with zero attached hydrogens (tertiary/aromatic N) is 3. The number of anilines is 1. The van der Waals surface area contributed by atoms with E-state index in [1.807, 2.05) is 51.4 Å².